The molecule has 1 aromatic heterocycles. The summed E-state index contributed by atoms with van der Waals surface area (Å²) in [6.45, 7) is 2.71. The molecule has 1 saturated heterocycles. The van der Waals surface area contributed by atoms with Crippen molar-refractivity contribution in [3.05, 3.63) is 29.0 Å². The van der Waals surface area contributed by atoms with Crippen molar-refractivity contribution in [1.29, 1.82) is 0 Å². The van der Waals surface area contributed by atoms with Crippen molar-refractivity contribution < 1.29 is 9.26 Å². The minimum absolute atomic E-state index is 0.371. The Morgan fingerprint density at radius 3 is 2.95 bits per heavy atom. The van der Waals surface area contributed by atoms with Crippen molar-refractivity contribution in [2.45, 2.75) is 31.8 Å². The highest BCUT2D eigenvalue weighted by atomic mass is 35.5. The van der Waals surface area contributed by atoms with E-state index in [0.717, 1.165) is 25.9 Å². The molecule has 20 heavy (non-hydrogen) atoms. The average Bonchev–Trinajstić information content (AvgIpc) is 2.93. The standard InChI is InChI=1S/C14H16ClN3O2/c1-14(7-2-3-8-19-14)13-17-12(20-18-13)9-5-4-6-10(15)11(9)16/h4-6H,2-3,7-8,16H2,1H3. The Morgan fingerprint density at radius 2 is 2.20 bits per heavy atom. The lowest BCUT2D eigenvalue weighted by atomic mass is 9.95. The van der Waals surface area contributed by atoms with Gasteiger partial charge >= 0.3 is 0 Å². The third-order valence-electron chi connectivity index (χ3n) is 3.65. The van der Waals surface area contributed by atoms with Crippen molar-refractivity contribution in [3.63, 3.8) is 0 Å². The Labute approximate surface area is 122 Å². The van der Waals surface area contributed by atoms with Crippen LogP contribution in [0.25, 0.3) is 11.5 Å². The molecule has 6 heteroatoms. The van der Waals surface area contributed by atoms with E-state index in [1.54, 1.807) is 12.1 Å². The summed E-state index contributed by atoms with van der Waals surface area (Å²) in [6, 6.07) is 5.34. The van der Waals surface area contributed by atoms with Gasteiger partial charge in [0, 0.05) is 6.61 Å². The van der Waals surface area contributed by atoms with Crippen LogP contribution < -0.4 is 5.73 Å². The maximum Gasteiger partial charge on any atom is 0.260 e. The van der Waals surface area contributed by atoms with Gasteiger partial charge in [-0.2, -0.15) is 4.98 Å². The van der Waals surface area contributed by atoms with Crippen LogP contribution in [0.4, 0.5) is 5.69 Å². The molecule has 1 unspecified atom stereocenters. The zero-order chi connectivity index (χ0) is 14.2. The van der Waals surface area contributed by atoms with Gasteiger partial charge in [0.25, 0.3) is 5.89 Å². The lowest BCUT2D eigenvalue weighted by Crippen LogP contribution is -2.31. The van der Waals surface area contributed by atoms with Crippen LogP contribution in [-0.4, -0.2) is 16.7 Å². The second kappa shape index (κ2) is 5.07. The van der Waals surface area contributed by atoms with E-state index >= 15 is 0 Å². The molecular weight excluding hydrogens is 278 g/mol. The maximum absolute atomic E-state index is 6.01. The second-order valence-electron chi connectivity index (χ2n) is 5.16. The summed E-state index contributed by atoms with van der Waals surface area (Å²) in [5.74, 6) is 0.932. The highest BCUT2D eigenvalue weighted by molar-refractivity contribution is 6.33. The monoisotopic (exact) mass is 293 g/mol. The van der Waals surface area contributed by atoms with Crippen LogP contribution in [0.3, 0.4) is 0 Å². The molecule has 0 bridgehead atoms. The number of nitrogens with zero attached hydrogens (tertiary/aromatic N) is 2. The quantitative estimate of drug-likeness (QED) is 0.859. The zero-order valence-corrected chi connectivity index (χ0v) is 12.0. The van der Waals surface area contributed by atoms with Crippen LogP contribution >= 0.6 is 11.6 Å². The fourth-order valence-electron chi connectivity index (χ4n) is 2.38. The Kier molecular flexibility index (Phi) is 3.40. The van der Waals surface area contributed by atoms with Crippen molar-refractivity contribution in [3.8, 4) is 11.5 Å². The number of ether oxygens (including phenoxy) is 1. The normalized spacial score (nSPS) is 22.9. The third kappa shape index (κ3) is 2.27. The lowest BCUT2D eigenvalue weighted by Gasteiger charge is -2.30. The van der Waals surface area contributed by atoms with Crippen molar-refractivity contribution in [2.24, 2.45) is 0 Å². The number of hydrogen-bond donors (Lipinski definition) is 1. The first kappa shape index (κ1) is 13.4. The Morgan fingerprint density at radius 1 is 1.35 bits per heavy atom. The van der Waals surface area contributed by atoms with E-state index in [4.69, 9.17) is 26.6 Å². The number of para-hydroxylation sites is 1. The minimum Gasteiger partial charge on any atom is -0.397 e. The molecule has 0 aliphatic carbocycles. The number of halogens is 1. The van der Waals surface area contributed by atoms with Gasteiger partial charge in [-0.1, -0.05) is 22.8 Å². The molecule has 5 nitrogen and oxygen atoms in total. The molecule has 0 saturated carbocycles. The molecule has 1 aliphatic heterocycles. The highest BCUT2D eigenvalue weighted by Crippen LogP contribution is 2.35. The van der Waals surface area contributed by atoms with Gasteiger partial charge in [-0.25, -0.2) is 0 Å². The molecule has 2 aromatic rings. The number of hydrogen-bond acceptors (Lipinski definition) is 5. The topological polar surface area (TPSA) is 74.2 Å². The molecule has 1 fully saturated rings. The molecule has 0 spiro atoms. The van der Waals surface area contributed by atoms with E-state index in [2.05, 4.69) is 10.1 Å². The molecular formula is C14H16ClN3O2. The zero-order valence-electron chi connectivity index (χ0n) is 11.2. The lowest BCUT2D eigenvalue weighted by molar-refractivity contribution is -0.0770. The third-order valence-corrected chi connectivity index (χ3v) is 3.98. The van der Waals surface area contributed by atoms with Gasteiger partial charge in [0.2, 0.25) is 5.82 Å². The predicted octanol–water partition coefficient (Wildman–Crippen LogP) is 3.39. The van der Waals surface area contributed by atoms with E-state index in [-0.39, 0.29) is 0 Å². The van der Waals surface area contributed by atoms with Gasteiger partial charge in [0.1, 0.15) is 5.60 Å². The molecule has 1 aromatic carbocycles. The number of benzene rings is 1. The summed E-state index contributed by atoms with van der Waals surface area (Å²) < 4.78 is 11.1. The maximum atomic E-state index is 6.01. The van der Waals surface area contributed by atoms with Crippen molar-refractivity contribution >= 4 is 17.3 Å². The molecule has 3 rings (SSSR count). The molecule has 0 radical (unpaired) electrons. The van der Waals surface area contributed by atoms with E-state index in [9.17, 15) is 0 Å². The summed E-state index contributed by atoms with van der Waals surface area (Å²) in [4.78, 5) is 4.44. The van der Waals surface area contributed by atoms with E-state index in [1.165, 1.54) is 0 Å². The van der Waals surface area contributed by atoms with Gasteiger partial charge in [-0.3, -0.25) is 0 Å². The first-order valence-corrected chi connectivity index (χ1v) is 7.00. The number of rotatable bonds is 2. The first-order chi connectivity index (χ1) is 9.60. The first-order valence-electron chi connectivity index (χ1n) is 6.63. The number of anilines is 1. The molecule has 106 valence electrons. The Bertz CT molecular complexity index is 621. The average molecular weight is 294 g/mol. The van der Waals surface area contributed by atoms with E-state index in [0.29, 0.717) is 28.0 Å². The van der Waals surface area contributed by atoms with Gasteiger partial charge < -0.3 is 15.0 Å². The highest BCUT2D eigenvalue weighted by Gasteiger charge is 2.35. The molecule has 0 amide bonds. The largest absolute Gasteiger partial charge is 0.397 e. The SMILES string of the molecule is CC1(c2noc(-c3cccc(Cl)c3N)n2)CCCCO1. The fraction of sp³-hybridized carbons (Fsp3) is 0.429. The molecule has 2 heterocycles. The summed E-state index contributed by atoms with van der Waals surface area (Å²) in [7, 11) is 0. The number of aromatic nitrogens is 2. The van der Waals surface area contributed by atoms with Gasteiger partial charge in [-0.05, 0) is 38.3 Å². The predicted molar refractivity (Wildman–Crippen MR) is 76.3 cm³/mol. The molecule has 1 aliphatic rings. The Hall–Kier alpha value is -1.59. The number of nitrogens with two attached hydrogens (primary N) is 1. The molecule has 2 N–H and O–H groups in total. The van der Waals surface area contributed by atoms with Gasteiger partial charge in [0.15, 0.2) is 0 Å². The summed E-state index contributed by atoms with van der Waals surface area (Å²) in [5.41, 5.74) is 6.56. The van der Waals surface area contributed by atoms with Crippen LogP contribution in [-0.2, 0) is 10.3 Å². The van der Waals surface area contributed by atoms with Crippen LogP contribution in [0, 0.1) is 0 Å². The van der Waals surface area contributed by atoms with Crippen LogP contribution in [0.5, 0.6) is 0 Å². The second-order valence-corrected chi connectivity index (χ2v) is 5.57. The summed E-state index contributed by atoms with van der Waals surface area (Å²) in [5, 5.41) is 4.52. The molecule has 1 atom stereocenters. The Balaban J connectivity index is 1.96. The van der Waals surface area contributed by atoms with E-state index in [1.807, 2.05) is 13.0 Å². The van der Waals surface area contributed by atoms with Crippen LogP contribution in [0.15, 0.2) is 22.7 Å². The van der Waals surface area contributed by atoms with Crippen LogP contribution in [0.1, 0.15) is 32.0 Å². The minimum atomic E-state index is -0.479. The number of nitrogen functional groups attached to an aromatic ring is 1. The summed E-state index contributed by atoms with van der Waals surface area (Å²) in [6.07, 6.45) is 3.05. The van der Waals surface area contributed by atoms with Crippen LogP contribution in [0.2, 0.25) is 5.02 Å². The van der Waals surface area contributed by atoms with Gasteiger partial charge in [0.05, 0.1) is 16.3 Å². The van der Waals surface area contributed by atoms with Crippen molar-refractivity contribution in [2.75, 3.05) is 12.3 Å². The van der Waals surface area contributed by atoms with Gasteiger partial charge in [-0.15, -0.1) is 0 Å². The van der Waals surface area contributed by atoms with E-state index < -0.39 is 5.60 Å². The smallest absolute Gasteiger partial charge is 0.260 e. The van der Waals surface area contributed by atoms with Crippen molar-refractivity contribution in [1.82, 2.24) is 10.1 Å². The summed E-state index contributed by atoms with van der Waals surface area (Å²) >= 11 is 6.01. The fourth-order valence-corrected chi connectivity index (χ4v) is 2.56.